The normalized spacial score (nSPS) is 25.8. The molecule has 4 rings (SSSR count). The van der Waals surface area contributed by atoms with Gasteiger partial charge in [-0.2, -0.15) is 0 Å². The molecular weight excluding hydrogens is 372 g/mol. The topological polar surface area (TPSA) is 140 Å². The summed E-state index contributed by atoms with van der Waals surface area (Å²) >= 11 is 0. The number of nitrogens with zero attached hydrogens (tertiary/aromatic N) is 4. The maximum absolute atomic E-state index is 12.1. The largest absolute Gasteiger partial charge is 0.369 e. The molecule has 9 nitrogen and oxygen atoms in total. The van der Waals surface area contributed by atoms with E-state index < -0.39 is 29.6 Å². The Bertz CT molecular complexity index is 1090. The number of aliphatic imine (C=N–C) groups is 1. The molecule has 0 radical (unpaired) electrons. The van der Waals surface area contributed by atoms with Gasteiger partial charge in [0.15, 0.2) is 0 Å². The van der Waals surface area contributed by atoms with Crippen molar-refractivity contribution in [3.05, 3.63) is 53.6 Å². The number of amides is 2. The predicted molar refractivity (Wildman–Crippen MR) is 104 cm³/mol. The molecule has 2 aliphatic heterocycles. The summed E-state index contributed by atoms with van der Waals surface area (Å²) in [5, 5.41) is 10.5. The summed E-state index contributed by atoms with van der Waals surface area (Å²) in [6.45, 7) is 0.458. The number of nitrogens with two attached hydrogens (primary N) is 2. The van der Waals surface area contributed by atoms with Gasteiger partial charge in [-0.25, -0.2) is 4.98 Å². The number of imidazole rings is 1. The molecule has 0 aliphatic carbocycles. The number of rotatable bonds is 2. The number of carbonyl (C=O) groups excluding carboxylic acids is 2. The van der Waals surface area contributed by atoms with Crippen molar-refractivity contribution in [2.45, 2.75) is 24.2 Å². The number of primary amides is 1. The number of benzene rings is 1. The van der Waals surface area contributed by atoms with E-state index >= 15 is 0 Å². The van der Waals surface area contributed by atoms with Crippen molar-refractivity contribution in [1.29, 1.82) is 0 Å². The van der Waals surface area contributed by atoms with Gasteiger partial charge in [0.05, 0.1) is 0 Å². The first-order valence-corrected chi connectivity index (χ1v) is 9.07. The first-order chi connectivity index (χ1) is 13.8. The fraction of sp³-hybridized carbons (Fsp3) is 0.300. The third kappa shape index (κ3) is 3.18. The average Bonchev–Trinajstić information content (AvgIpc) is 3.29. The molecule has 2 unspecified atom stereocenters. The average molecular weight is 392 g/mol. The van der Waals surface area contributed by atoms with Crippen LogP contribution in [0.1, 0.15) is 35.6 Å². The zero-order valence-corrected chi connectivity index (χ0v) is 15.7. The number of aliphatic hydroxyl groups is 1. The van der Waals surface area contributed by atoms with Gasteiger partial charge >= 0.3 is 0 Å². The van der Waals surface area contributed by atoms with Crippen molar-refractivity contribution in [2.75, 3.05) is 13.6 Å². The van der Waals surface area contributed by atoms with E-state index in [0.29, 0.717) is 17.9 Å². The van der Waals surface area contributed by atoms with Crippen LogP contribution in [0.25, 0.3) is 0 Å². The maximum Gasteiger partial charge on any atom is 0.267 e. The maximum atomic E-state index is 12.1. The number of aromatic nitrogens is 2. The second-order valence-electron chi connectivity index (χ2n) is 7.13. The molecule has 1 aromatic heterocycles. The van der Waals surface area contributed by atoms with Crippen molar-refractivity contribution >= 4 is 17.5 Å². The van der Waals surface area contributed by atoms with Crippen LogP contribution < -0.4 is 11.5 Å². The highest BCUT2D eigenvalue weighted by Gasteiger charge is 2.42. The van der Waals surface area contributed by atoms with Crippen LogP contribution in [0.4, 0.5) is 0 Å². The van der Waals surface area contributed by atoms with E-state index in [-0.39, 0.29) is 12.1 Å². The smallest absolute Gasteiger partial charge is 0.267 e. The van der Waals surface area contributed by atoms with Crippen molar-refractivity contribution in [3.63, 3.8) is 0 Å². The molecule has 0 spiro atoms. The van der Waals surface area contributed by atoms with Gasteiger partial charge in [0.1, 0.15) is 23.7 Å². The fourth-order valence-electron chi connectivity index (χ4n) is 3.54. The second-order valence-corrected chi connectivity index (χ2v) is 7.13. The summed E-state index contributed by atoms with van der Waals surface area (Å²) in [7, 11) is 1.63. The van der Waals surface area contributed by atoms with E-state index in [2.05, 4.69) is 21.8 Å². The highest BCUT2D eigenvalue weighted by Crippen LogP contribution is 2.31. The van der Waals surface area contributed by atoms with Crippen LogP contribution in [0, 0.1) is 11.8 Å². The Hall–Kier alpha value is -3.48. The van der Waals surface area contributed by atoms with Gasteiger partial charge in [-0.3, -0.25) is 14.6 Å². The molecule has 1 fully saturated rings. The summed E-state index contributed by atoms with van der Waals surface area (Å²) in [5.41, 5.74) is 11.2. The molecule has 0 saturated carbocycles. The Balaban J connectivity index is 1.71. The fourth-order valence-corrected chi connectivity index (χ4v) is 3.54. The molecule has 3 atom stereocenters. The van der Waals surface area contributed by atoms with Crippen molar-refractivity contribution in [1.82, 2.24) is 14.5 Å². The monoisotopic (exact) mass is 392 g/mol. The van der Waals surface area contributed by atoms with Gasteiger partial charge in [0, 0.05) is 38.0 Å². The summed E-state index contributed by atoms with van der Waals surface area (Å²) < 4.78 is 1.66. The van der Waals surface area contributed by atoms with Gasteiger partial charge in [-0.05, 0) is 17.7 Å². The van der Waals surface area contributed by atoms with Crippen LogP contribution >= 0.6 is 0 Å². The highest BCUT2D eigenvalue weighted by atomic mass is 16.3. The molecule has 2 amide bonds. The molecule has 9 heteroatoms. The lowest BCUT2D eigenvalue weighted by Crippen LogP contribution is -2.41. The molecule has 148 valence electrons. The zero-order valence-electron chi connectivity index (χ0n) is 15.7. The minimum Gasteiger partial charge on any atom is -0.369 e. The predicted octanol–water partition coefficient (Wildman–Crippen LogP) is -0.686. The van der Waals surface area contributed by atoms with Crippen LogP contribution in [0.5, 0.6) is 0 Å². The van der Waals surface area contributed by atoms with Crippen LogP contribution in [-0.2, 0) is 9.59 Å². The van der Waals surface area contributed by atoms with Crippen molar-refractivity contribution in [3.8, 4) is 11.8 Å². The minimum atomic E-state index is -1.67. The van der Waals surface area contributed by atoms with E-state index in [0.717, 1.165) is 5.56 Å². The minimum absolute atomic E-state index is 0.0610. The lowest BCUT2D eigenvalue weighted by Gasteiger charge is -2.26. The van der Waals surface area contributed by atoms with Crippen molar-refractivity contribution < 1.29 is 14.7 Å². The number of likely N-dealkylation sites (tertiary alicyclic amines) is 1. The van der Waals surface area contributed by atoms with E-state index in [1.165, 1.54) is 4.90 Å². The molecule has 1 aromatic carbocycles. The van der Waals surface area contributed by atoms with Gasteiger partial charge in [0.25, 0.3) is 11.8 Å². The molecule has 2 aliphatic rings. The van der Waals surface area contributed by atoms with Crippen LogP contribution in [-0.4, -0.2) is 56.3 Å². The summed E-state index contributed by atoms with van der Waals surface area (Å²) in [5.74, 6) is 5.06. The van der Waals surface area contributed by atoms with Crippen molar-refractivity contribution in [2.24, 2.45) is 16.5 Å². The number of fused-ring (bicyclic) bond motifs is 1. The van der Waals surface area contributed by atoms with E-state index in [1.54, 1.807) is 42.2 Å². The molecule has 0 bridgehead atoms. The third-order valence-electron chi connectivity index (χ3n) is 5.17. The Morgan fingerprint density at radius 3 is 2.90 bits per heavy atom. The highest BCUT2D eigenvalue weighted by molar-refractivity contribution is 6.39. The lowest BCUT2D eigenvalue weighted by atomic mass is 10.00. The number of likely N-dealkylation sites (N-methyl/N-ethyl adjacent to an activating group) is 1. The third-order valence-corrected chi connectivity index (χ3v) is 5.17. The lowest BCUT2D eigenvalue weighted by molar-refractivity contribution is -0.137. The Kier molecular flexibility index (Phi) is 4.45. The Morgan fingerprint density at radius 2 is 2.21 bits per heavy atom. The van der Waals surface area contributed by atoms with Gasteiger partial charge in [-0.15, -0.1) is 0 Å². The van der Waals surface area contributed by atoms with Gasteiger partial charge in [-0.1, -0.05) is 24.0 Å². The van der Waals surface area contributed by atoms with Crippen LogP contribution in [0.2, 0.25) is 0 Å². The first kappa shape index (κ1) is 18.9. The molecule has 2 aromatic rings. The molecule has 5 N–H and O–H groups in total. The molecule has 3 heterocycles. The van der Waals surface area contributed by atoms with Gasteiger partial charge in [0.2, 0.25) is 5.60 Å². The Labute approximate surface area is 167 Å². The standard InChI is InChI=1S/C20H20N6O3/c1-25-9-7-20(29,19(25)28)6-5-12-3-2-4-13(11-12)14-18-23-8-10-26(18)16(21)15(24-14)17(22)27/h2-4,8,10-11,14,16,29H,7,9,21H2,1H3,(H2,22,27)/t14?,16?,20-/m0/s1. The number of hydrogen-bond donors (Lipinski definition) is 3. The van der Waals surface area contributed by atoms with Gasteiger partial charge < -0.3 is 26.0 Å². The molecule has 1 saturated heterocycles. The number of carbonyl (C=O) groups is 2. The second kappa shape index (κ2) is 6.84. The van der Waals surface area contributed by atoms with Crippen LogP contribution in [0.15, 0.2) is 41.7 Å². The van der Waals surface area contributed by atoms with Crippen LogP contribution in [0.3, 0.4) is 0 Å². The summed E-state index contributed by atoms with van der Waals surface area (Å²) in [6, 6.07) is 6.59. The quantitative estimate of drug-likeness (QED) is 0.581. The zero-order chi connectivity index (χ0) is 20.8. The Morgan fingerprint density at radius 1 is 1.41 bits per heavy atom. The molecular formula is C20H20N6O3. The molecule has 29 heavy (non-hydrogen) atoms. The summed E-state index contributed by atoms with van der Waals surface area (Å²) in [4.78, 5) is 34.1. The summed E-state index contributed by atoms with van der Waals surface area (Å²) in [6.07, 6.45) is 2.73. The van der Waals surface area contributed by atoms with E-state index in [9.17, 15) is 14.7 Å². The SMILES string of the molecule is CN1CC[C@@](O)(C#Cc2cccc(C3N=C(C(N)=O)C(N)n4ccnc43)c2)C1=O. The number of hydrogen-bond acceptors (Lipinski definition) is 6. The first-order valence-electron chi connectivity index (χ1n) is 9.07. The van der Waals surface area contributed by atoms with E-state index in [4.69, 9.17) is 11.5 Å². The van der Waals surface area contributed by atoms with E-state index in [1.807, 2.05) is 6.07 Å².